The highest BCUT2D eigenvalue weighted by Crippen LogP contribution is 2.33. The lowest BCUT2D eigenvalue weighted by atomic mass is 9.98. The van der Waals surface area contributed by atoms with E-state index in [1.807, 2.05) is 47.8 Å². The molecule has 1 aromatic carbocycles. The van der Waals surface area contributed by atoms with Gasteiger partial charge in [0.05, 0.1) is 17.7 Å². The molecule has 0 fully saturated rings. The Labute approximate surface area is 152 Å². The minimum atomic E-state index is -1.38. The van der Waals surface area contributed by atoms with Crippen molar-refractivity contribution >= 4 is 38.7 Å². The van der Waals surface area contributed by atoms with Crippen LogP contribution >= 0.6 is 22.7 Å². The van der Waals surface area contributed by atoms with E-state index in [-0.39, 0.29) is 12.5 Å². The van der Waals surface area contributed by atoms with Gasteiger partial charge in [0, 0.05) is 9.58 Å². The molecular weight excluding hydrogens is 354 g/mol. The van der Waals surface area contributed by atoms with Gasteiger partial charge in [0.25, 0.3) is 5.91 Å². The molecular formula is C19H15NO3S2. The number of nitrogens with one attached hydrogen (secondary N) is 1. The van der Waals surface area contributed by atoms with Crippen LogP contribution in [0, 0.1) is 0 Å². The summed E-state index contributed by atoms with van der Waals surface area (Å²) in [5, 5.41) is 16.9. The summed E-state index contributed by atoms with van der Waals surface area (Å²) in [6.45, 7) is 0.0358. The highest BCUT2D eigenvalue weighted by atomic mass is 32.1. The molecule has 0 aliphatic rings. The molecule has 4 aromatic rings. The third-order valence-corrected chi connectivity index (χ3v) is 6.15. The molecule has 0 saturated carbocycles. The molecule has 25 heavy (non-hydrogen) atoms. The molecule has 1 unspecified atom stereocenters. The van der Waals surface area contributed by atoms with Crippen molar-refractivity contribution < 1.29 is 14.3 Å². The van der Waals surface area contributed by atoms with Gasteiger partial charge in [-0.15, -0.1) is 22.7 Å². The monoisotopic (exact) mass is 369 g/mol. The highest BCUT2D eigenvalue weighted by Gasteiger charge is 2.36. The average Bonchev–Trinajstić information content (AvgIpc) is 3.40. The van der Waals surface area contributed by atoms with E-state index < -0.39 is 5.60 Å². The topological polar surface area (TPSA) is 62.5 Å². The Bertz CT molecular complexity index is 920. The van der Waals surface area contributed by atoms with Gasteiger partial charge in [0.15, 0.2) is 5.60 Å². The van der Waals surface area contributed by atoms with E-state index in [4.69, 9.17) is 4.42 Å². The normalized spacial score (nSPS) is 13.6. The third kappa shape index (κ3) is 3.00. The predicted molar refractivity (Wildman–Crippen MR) is 100 cm³/mol. The SMILES string of the molecule is O=C(NCC(O)(c1ccco1)c1cccs1)c1cc2ccccc2s1. The molecule has 0 saturated heterocycles. The summed E-state index contributed by atoms with van der Waals surface area (Å²) in [6.07, 6.45) is 1.52. The summed E-state index contributed by atoms with van der Waals surface area (Å²) in [5.74, 6) is 0.203. The van der Waals surface area contributed by atoms with Gasteiger partial charge >= 0.3 is 0 Å². The molecule has 3 heterocycles. The summed E-state index contributed by atoms with van der Waals surface area (Å²) in [4.78, 5) is 13.9. The van der Waals surface area contributed by atoms with Crippen molar-refractivity contribution in [2.45, 2.75) is 5.60 Å². The molecule has 1 atom stereocenters. The van der Waals surface area contributed by atoms with Gasteiger partial charge in [-0.2, -0.15) is 0 Å². The smallest absolute Gasteiger partial charge is 0.261 e. The molecule has 0 radical (unpaired) electrons. The van der Waals surface area contributed by atoms with Crippen LogP contribution in [0.2, 0.25) is 0 Å². The van der Waals surface area contributed by atoms with Crippen molar-refractivity contribution in [3.63, 3.8) is 0 Å². The molecule has 0 aliphatic heterocycles. The quantitative estimate of drug-likeness (QED) is 0.554. The van der Waals surface area contributed by atoms with Crippen molar-refractivity contribution in [1.82, 2.24) is 5.32 Å². The van der Waals surface area contributed by atoms with Crippen LogP contribution < -0.4 is 5.32 Å². The lowest BCUT2D eigenvalue weighted by Gasteiger charge is -2.25. The first-order valence-electron chi connectivity index (χ1n) is 7.74. The average molecular weight is 369 g/mol. The van der Waals surface area contributed by atoms with Crippen LogP contribution in [-0.2, 0) is 5.60 Å². The number of fused-ring (bicyclic) bond motifs is 1. The van der Waals surface area contributed by atoms with Crippen molar-refractivity contribution in [2.75, 3.05) is 6.54 Å². The first kappa shape index (κ1) is 16.1. The maximum absolute atomic E-state index is 12.6. The molecule has 0 spiro atoms. The fourth-order valence-corrected chi connectivity index (χ4v) is 4.52. The second-order valence-corrected chi connectivity index (χ2v) is 7.68. The summed E-state index contributed by atoms with van der Waals surface area (Å²) < 4.78 is 6.48. The van der Waals surface area contributed by atoms with E-state index in [2.05, 4.69) is 5.32 Å². The molecule has 0 aliphatic carbocycles. The van der Waals surface area contributed by atoms with Crippen LogP contribution in [0.25, 0.3) is 10.1 Å². The lowest BCUT2D eigenvalue weighted by Crippen LogP contribution is -2.40. The van der Waals surface area contributed by atoms with Crippen LogP contribution in [0.5, 0.6) is 0 Å². The fraction of sp³-hybridized carbons (Fsp3) is 0.105. The molecule has 3 aromatic heterocycles. The molecule has 126 valence electrons. The molecule has 0 bridgehead atoms. The van der Waals surface area contributed by atoms with Crippen LogP contribution in [-0.4, -0.2) is 17.6 Å². The Morgan fingerprint density at radius 3 is 2.76 bits per heavy atom. The number of carbonyl (C=O) groups is 1. The summed E-state index contributed by atoms with van der Waals surface area (Å²) >= 11 is 2.86. The van der Waals surface area contributed by atoms with Crippen molar-refractivity contribution in [2.24, 2.45) is 0 Å². The first-order chi connectivity index (χ1) is 12.2. The molecule has 2 N–H and O–H groups in total. The number of aliphatic hydroxyl groups is 1. The maximum atomic E-state index is 12.6. The summed E-state index contributed by atoms with van der Waals surface area (Å²) in [5.41, 5.74) is -1.38. The molecule has 4 rings (SSSR count). The largest absolute Gasteiger partial charge is 0.466 e. The first-order valence-corrected chi connectivity index (χ1v) is 9.43. The van der Waals surface area contributed by atoms with Gasteiger partial charge in [0.2, 0.25) is 0 Å². The third-order valence-electron chi connectivity index (χ3n) is 4.01. The van der Waals surface area contributed by atoms with Gasteiger partial charge < -0.3 is 14.8 Å². The number of hydrogen-bond donors (Lipinski definition) is 2. The zero-order chi connectivity index (χ0) is 17.3. The highest BCUT2D eigenvalue weighted by molar-refractivity contribution is 7.20. The number of thiophene rings is 2. The predicted octanol–water partition coefficient (Wildman–Crippen LogP) is 4.22. The molecule has 4 nitrogen and oxygen atoms in total. The van der Waals surface area contributed by atoms with Crippen LogP contribution in [0.1, 0.15) is 20.3 Å². The van der Waals surface area contributed by atoms with Gasteiger partial charge in [-0.25, -0.2) is 0 Å². The van der Waals surface area contributed by atoms with Gasteiger partial charge in [0.1, 0.15) is 5.76 Å². The van der Waals surface area contributed by atoms with Gasteiger partial charge in [-0.3, -0.25) is 4.79 Å². The summed E-state index contributed by atoms with van der Waals surface area (Å²) in [7, 11) is 0. The van der Waals surface area contributed by atoms with Crippen LogP contribution in [0.4, 0.5) is 0 Å². The summed E-state index contributed by atoms with van der Waals surface area (Å²) in [6, 6.07) is 16.9. The lowest BCUT2D eigenvalue weighted by molar-refractivity contribution is 0.0555. The van der Waals surface area contributed by atoms with Crippen molar-refractivity contribution in [1.29, 1.82) is 0 Å². The standard InChI is InChI=1S/C19H15NO3S2/c21-18(15-11-13-5-1-2-6-14(13)25-15)20-12-19(22,16-7-3-9-23-16)17-8-4-10-24-17/h1-11,22H,12H2,(H,20,21). The Morgan fingerprint density at radius 1 is 1.16 bits per heavy atom. The number of hydrogen-bond acceptors (Lipinski definition) is 5. The Morgan fingerprint density at radius 2 is 2.04 bits per heavy atom. The number of carbonyl (C=O) groups excluding carboxylic acids is 1. The van der Waals surface area contributed by atoms with Gasteiger partial charge in [-0.05, 0) is 41.1 Å². The molecule has 6 heteroatoms. The fourth-order valence-electron chi connectivity index (χ4n) is 2.71. The number of furan rings is 1. The van der Waals surface area contributed by atoms with E-state index in [1.165, 1.54) is 28.9 Å². The minimum absolute atomic E-state index is 0.0358. The number of benzene rings is 1. The maximum Gasteiger partial charge on any atom is 0.261 e. The van der Waals surface area contributed by atoms with Crippen molar-refractivity contribution in [3.05, 3.63) is 81.8 Å². The van der Waals surface area contributed by atoms with Crippen LogP contribution in [0.3, 0.4) is 0 Å². The Hall–Kier alpha value is -2.41. The zero-order valence-electron chi connectivity index (χ0n) is 13.1. The van der Waals surface area contributed by atoms with E-state index >= 15 is 0 Å². The van der Waals surface area contributed by atoms with Crippen LogP contribution in [0.15, 0.2) is 70.7 Å². The number of rotatable bonds is 5. The van der Waals surface area contributed by atoms with E-state index in [0.717, 1.165) is 15.0 Å². The second kappa shape index (κ2) is 6.48. The second-order valence-electron chi connectivity index (χ2n) is 5.65. The van der Waals surface area contributed by atoms with Gasteiger partial charge in [-0.1, -0.05) is 24.3 Å². The number of amides is 1. The Kier molecular flexibility index (Phi) is 4.17. The Balaban J connectivity index is 1.58. The van der Waals surface area contributed by atoms with Crippen molar-refractivity contribution in [3.8, 4) is 0 Å². The van der Waals surface area contributed by atoms with E-state index in [0.29, 0.717) is 10.6 Å². The molecule has 1 amide bonds. The van der Waals surface area contributed by atoms with E-state index in [9.17, 15) is 9.90 Å². The minimum Gasteiger partial charge on any atom is -0.466 e. The van der Waals surface area contributed by atoms with E-state index in [1.54, 1.807) is 12.1 Å². The zero-order valence-corrected chi connectivity index (χ0v) is 14.8.